The predicted octanol–water partition coefficient (Wildman–Crippen LogP) is 1.24. The van der Waals surface area contributed by atoms with Gasteiger partial charge in [-0.15, -0.1) is 0 Å². The minimum absolute atomic E-state index is 0.0290. The Kier molecular flexibility index (Phi) is 3.47. The summed E-state index contributed by atoms with van der Waals surface area (Å²) in [4.78, 5) is 0.496. The van der Waals surface area contributed by atoms with Crippen molar-refractivity contribution in [3.05, 3.63) is 0 Å². The maximum atomic E-state index is 9.99. The Bertz CT molecular complexity index is 282. The molecule has 3 fully saturated rings. The number of ether oxygens (including phenoxy) is 3. The lowest BCUT2D eigenvalue weighted by atomic mass is 9.96. The van der Waals surface area contributed by atoms with Gasteiger partial charge in [0.15, 0.2) is 0 Å². The van der Waals surface area contributed by atoms with E-state index < -0.39 is 5.60 Å². The molecule has 98 valence electrons. The Morgan fingerprint density at radius 1 is 1.29 bits per heavy atom. The lowest BCUT2D eigenvalue weighted by Crippen LogP contribution is -2.47. The quantitative estimate of drug-likeness (QED) is 0.794. The van der Waals surface area contributed by atoms with E-state index in [2.05, 4.69) is 15.9 Å². The molecule has 0 radical (unpaired) electrons. The molecule has 2 aliphatic carbocycles. The summed E-state index contributed by atoms with van der Waals surface area (Å²) < 4.78 is 17.1. The number of aliphatic hydroxyl groups is 1. The molecule has 3 aliphatic rings. The van der Waals surface area contributed by atoms with Gasteiger partial charge in [0.25, 0.3) is 0 Å². The minimum atomic E-state index is -0.618. The van der Waals surface area contributed by atoms with Gasteiger partial charge in [-0.25, -0.2) is 0 Å². The highest BCUT2D eigenvalue weighted by atomic mass is 79.9. The first-order valence-electron chi connectivity index (χ1n) is 6.39. The minimum Gasteiger partial charge on any atom is -0.387 e. The van der Waals surface area contributed by atoms with Gasteiger partial charge in [-0.2, -0.15) is 0 Å². The topological polar surface area (TPSA) is 47.9 Å². The van der Waals surface area contributed by atoms with Gasteiger partial charge in [0.1, 0.15) is 12.2 Å². The second-order valence-electron chi connectivity index (χ2n) is 5.35. The number of halogens is 1. The van der Waals surface area contributed by atoms with Crippen molar-refractivity contribution in [2.75, 3.05) is 19.8 Å². The Balaban J connectivity index is 1.44. The number of alkyl halides is 1. The molecule has 4 nitrogen and oxygen atoms in total. The molecule has 1 heterocycles. The number of hydrogen-bond donors (Lipinski definition) is 1. The summed E-state index contributed by atoms with van der Waals surface area (Å²) in [6.07, 6.45) is 4.11. The fourth-order valence-electron chi connectivity index (χ4n) is 2.28. The third-order valence-electron chi connectivity index (χ3n) is 3.92. The van der Waals surface area contributed by atoms with E-state index in [0.29, 0.717) is 30.8 Å². The van der Waals surface area contributed by atoms with Crippen LogP contribution in [0.5, 0.6) is 0 Å². The maximum absolute atomic E-state index is 9.99. The Labute approximate surface area is 110 Å². The van der Waals surface area contributed by atoms with Crippen molar-refractivity contribution < 1.29 is 19.3 Å². The molecule has 17 heavy (non-hydrogen) atoms. The van der Waals surface area contributed by atoms with Crippen LogP contribution >= 0.6 is 15.9 Å². The Morgan fingerprint density at radius 3 is 2.71 bits per heavy atom. The van der Waals surface area contributed by atoms with Crippen molar-refractivity contribution in [2.45, 2.75) is 54.4 Å². The van der Waals surface area contributed by atoms with E-state index in [1.54, 1.807) is 0 Å². The number of rotatable bonds is 4. The highest BCUT2D eigenvalue weighted by molar-refractivity contribution is 9.09. The van der Waals surface area contributed by atoms with E-state index in [1.165, 1.54) is 6.42 Å². The van der Waals surface area contributed by atoms with Crippen molar-refractivity contribution in [2.24, 2.45) is 0 Å². The molecule has 5 heteroatoms. The lowest BCUT2D eigenvalue weighted by Gasteiger charge is -2.36. The van der Waals surface area contributed by atoms with Crippen LogP contribution in [0.15, 0.2) is 0 Å². The lowest BCUT2D eigenvalue weighted by molar-refractivity contribution is -0.199. The summed E-state index contributed by atoms with van der Waals surface area (Å²) in [6.45, 7) is 1.66. The molecule has 1 saturated heterocycles. The molecular weight excluding hydrogens is 288 g/mol. The van der Waals surface area contributed by atoms with Crippen LogP contribution in [0.4, 0.5) is 0 Å². The average Bonchev–Trinajstić information content (AvgIpc) is 3.07. The monoisotopic (exact) mass is 306 g/mol. The van der Waals surface area contributed by atoms with Crippen LogP contribution in [0.3, 0.4) is 0 Å². The largest absolute Gasteiger partial charge is 0.387 e. The first-order chi connectivity index (χ1) is 8.17. The molecular formula is C12H19BrO4. The van der Waals surface area contributed by atoms with Gasteiger partial charge in [0.2, 0.25) is 0 Å². The SMILES string of the molecule is OC1(C2COCC(CO[C@H]3CCC3Br)O2)CC1. The van der Waals surface area contributed by atoms with E-state index in [9.17, 15) is 5.11 Å². The standard InChI is InChI=1S/C12H19BrO4/c13-9-1-2-10(9)16-6-8-5-15-7-11(17-8)12(14)3-4-12/h8-11,14H,1-7H2/t8?,9?,10-,11?/m0/s1. The van der Waals surface area contributed by atoms with Crippen molar-refractivity contribution >= 4 is 15.9 Å². The summed E-state index contributed by atoms with van der Waals surface area (Å²) >= 11 is 3.57. The summed E-state index contributed by atoms with van der Waals surface area (Å²) in [5.74, 6) is 0. The van der Waals surface area contributed by atoms with Crippen LogP contribution in [0, 0.1) is 0 Å². The molecule has 0 aromatic heterocycles. The smallest absolute Gasteiger partial charge is 0.110 e. The molecule has 0 spiro atoms. The van der Waals surface area contributed by atoms with Crippen LogP contribution < -0.4 is 0 Å². The second kappa shape index (κ2) is 4.78. The van der Waals surface area contributed by atoms with Crippen LogP contribution in [0.1, 0.15) is 25.7 Å². The molecule has 1 aliphatic heterocycles. The van der Waals surface area contributed by atoms with Gasteiger partial charge in [0, 0.05) is 4.83 Å². The zero-order chi connectivity index (χ0) is 11.9. The van der Waals surface area contributed by atoms with Gasteiger partial charge >= 0.3 is 0 Å². The highest BCUT2D eigenvalue weighted by Gasteiger charge is 2.50. The summed E-state index contributed by atoms with van der Waals surface area (Å²) in [6, 6.07) is 0. The van der Waals surface area contributed by atoms with Crippen LogP contribution in [0.25, 0.3) is 0 Å². The summed E-state index contributed by atoms with van der Waals surface area (Å²) in [7, 11) is 0. The van der Waals surface area contributed by atoms with Gasteiger partial charge in [-0.3, -0.25) is 0 Å². The zero-order valence-electron chi connectivity index (χ0n) is 9.81. The highest BCUT2D eigenvalue weighted by Crippen LogP contribution is 2.41. The number of hydrogen-bond acceptors (Lipinski definition) is 4. The van der Waals surface area contributed by atoms with Gasteiger partial charge in [-0.1, -0.05) is 15.9 Å². The molecule has 3 unspecified atom stereocenters. The van der Waals surface area contributed by atoms with Crippen LogP contribution in [-0.4, -0.2) is 53.7 Å². The summed E-state index contributed by atoms with van der Waals surface area (Å²) in [5.41, 5.74) is -0.618. The molecule has 0 amide bonds. The zero-order valence-corrected chi connectivity index (χ0v) is 11.4. The van der Waals surface area contributed by atoms with E-state index in [4.69, 9.17) is 14.2 Å². The van der Waals surface area contributed by atoms with E-state index >= 15 is 0 Å². The van der Waals surface area contributed by atoms with Crippen molar-refractivity contribution in [1.82, 2.24) is 0 Å². The Hall–Kier alpha value is 0.320. The molecule has 2 saturated carbocycles. The van der Waals surface area contributed by atoms with Crippen molar-refractivity contribution in [3.8, 4) is 0 Å². The second-order valence-corrected chi connectivity index (χ2v) is 6.53. The van der Waals surface area contributed by atoms with E-state index in [1.807, 2.05) is 0 Å². The van der Waals surface area contributed by atoms with Crippen molar-refractivity contribution in [1.29, 1.82) is 0 Å². The molecule has 4 atom stereocenters. The van der Waals surface area contributed by atoms with Crippen LogP contribution in [-0.2, 0) is 14.2 Å². The first kappa shape index (κ1) is 12.4. The van der Waals surface area contributed by atoms with E-state index in [-0.39, 0.29) is 12.2 Å². The summed E-state index contributed by atoms with van der Waals surface area (Å²) in [5, 5.41) is 9.99. The van der Waals surface area contributed by atoms with Gasteiger partial charge in [0.05, 0.1) is 31.5 Å². The fraction of sp³-hybridized carbons (Fsp3) is 1.00. The molecule has 0 bridgehead atoms. The molecule has 1 N–H and O–H groups in total. The fourth-order valence-corrected chi connectivity index (χ4v) is 2.97. The molecule has 0 aromatic carbocycles. The normalized spacial score (nSPS) is 44.1. The van der Waals surface area contributed by atoms with Gasteiger partial charge in [-0.05, 0) is 25.7 Å². The predicted molar refractivity (Wildman–Crippen MR) is 65.4 cm³/mol. The van der Waals surface area contributed by atoms with Crippen LogP contribution in [0.2, 0.25) is 0 Å². The third kappa shape index (κ3) is 2.68. The van der Waals surface area contributed by atoms with E-state index in [0.717, 1.165) is 19.3 Å². The first-order valence-corrected chi connectivity index (χ1v) is 7.30. The van der Waals surface area contributed by atoms with Crippen molar-refractivity contribution in [3.63, 3.8) is 0 Å². The molecule has 3 rings (SSSR count). The molecule has 0 aromatic rings. The average molecular weight is 307 g/mol. The van der Waals surface area contributed by atoms with Gasteiger partial charge < -0.3 is 19.3 Å². The maximum Gasteiger partial charge on any atom is 0.110 e. The third-order valence-corrected chi connectivity index (χ3v) is 4.97. The Morgan fingerprint density at radius 2 is 2.12 bits per heavy atom.